The predicted molar refractivity (Wildman–Crippen MR) is 108 cm³/mol. The average molecular weight is 357 g/mol. The molecule has 0 saturated carbocycles. The lowest BCUT2D eigenvalue weighted by Gasteiger charge is -2.10. The summed E-state index contributed by atoms with van der Waals surface area (Å²) >= 11 is 0. The topological polar surface area (TPSA) is 49.7 Å². The highest BCUT2D eigenvalue weighted by Gasteiger charge is 2.02. The van der Waals surface area contributed by atoms with Gasteiger partial charge in [0.05, 0.1) is 0 Å². The summed E-state index contributed by atoms with van der Waals surface area (Å²) in [7, 11) is 0. The first-order valence-corrected chi connectivity index (χ1v) is 10.9. The van der Waals surface area contributed by atoms with Crippen LogP contribution in [-0.4, -0.2) is 29.7 Å². The molecule has 0 aliphatic carbocycles. The van der Waals surface area contributed by atoms with Gasteiger partial charge in [-0.05, 0) is 38.5 Å². The third-order valence-corrected chi connectivity index (χ3v) is 4.58. The molecule has 0 bridgehead atoms. The minimum absolute atomic E-state index is 0.120. The zero-order valence-corrected chi connectivity index (χ0v) is 16.8. The van der Waals surface area contributed by atoms with Crippen LogP contribution in [0.25, 0.3) is 0 Å². The molecule has 0 spiro atoms. The molecule has 0 aromatic carbocycles. The smallest absolute Gasteiger partial charge is 0.154 e. The third kappa shape index (κ3) is 21.6. The van der Waals surface area contributed by atoms with Gasteiger partial charge in [0.15, 0.2) is 6.29 Å². The van der Waals surface area contributed by atoms with Gasteiger partial charge in [-0.15, -0.1) is 0 Å². The Morgan fingerprint density at radius 1 is 0.720 bits per heavy atom. The Kier molecular flexibility index (Phi) is 21.3. The number of allylic oxidation sites excluding steroid dienone is 2. The molecule has 25 heavy (non-hydrogen) atoms. The molecule has 0 radical (unpaired) electrons. The normalized spacial score (nSPS) is 12.9. The molecular formula is C22H44O3. The van der Waals surface area contributed by atoms with Crippen LogP contribution < -0.4 is 0 Å². The van der Waals surface area contributed by atoms with Gasteiger partial charge in [-0.1, -0.05) is 76.9 Å². The van der Waals surface area contributed by atoms with Gasteiger partial charge in [-0.25, -0.2) is 0 Å². The number of rotatable bonds is 20. The van der Waals surface area contributed by atoms with Crippen molar-refractivity contribution in [3.05, 3.63) is 12.2 Å². The molecule has 0 aromatic heterocycles. The van der Waals surface area contributed by atoms with Crippen molar-refractivity contribution in [3.63, 3.8) is 0 Å². The van der Waals surface area contributed by atoms with Crippen LogP contribution in [0.4, 0.5) is 0 Å². The second kappa shape index (κ2) is 21.7. The van der Waals surface area contributed by atoms with E-state index in [0.717, 1.165) is 6.42 Å². The van der Waals surface area contributed by atoms with Crippen molar-refractivity contribution >= 4 is 0 Å². The summed E-state index contributed by atoms with van der Waals surface area (Å²) in [5, 5.41) is 18.1. The largest absolute Gasteiger partial charge is 0.396 e. The highest BCUT2D eigenvalue weighted by atomic mass is 16.6. The molecular weight excluding hydrogens is 312 g/mol. The van der Waals surface area contributed by atoms with Crippen LogP contribution in [0.2, 0.25) is 0 Å². The van der Waals surface area contributed by atoms with Crippen molar-refractivity contribution in [3.8, 4) is 0 Å². The Hall–Kier alpha value is -0.380. The molecule has 0 fully saturated rings. The lowest BCUT2D eigenvalue weighted by molar-refractivity contribution is -0.106. The number of hydrogen-bond acceptors (Lipinski definition) is 3. The van der Waals surface area contributed by atoms with Gasteiger partial charge in [-0.3, -0.25) is 0 Å². The van der Waals surface area contributed by atoms with Gasteiger partial charge in [-0.2, -0.15) is 0 Å². The lowest BCUT2D eigenvalue weighted by atomic mass is 10.1. The van der Waals surface area contributed by atoms with E-state index >= 15 is 0 Å². The summed E-state index contributed by atoms with van der Waals surface area (Å²) in [4.78, 5) is 0. The number of hydrogen-bond donors (Lipinski definition) is 2. The maximum absolute atomic E-state index is 9.47. The minimum Gasteiger partial charge on any atom is -0.396 e. The van der Waals surface area contributed by atoms with E-state index in [2.05, 4.69) is 19.1 Å². The number of aliphatic hydroxyl groups excluding tert-OH is 2. The standard InChI is InChI=1S/C22H44O3/c1-2-3-4-5-6-7-8-9-10-11-12-13-14-15-16-17-21-25-22(24)19-18-20-23/h9-10,22-24H,2-8,11-21H2,1H3/b10-9-. The van der Waals surface area contributed by atoms with Crippen LogP contribution in [0.5, 0.6) is 0 Å². The summed E-state index contributed by atoms with van der Waals surface area (Å²) in [6.45, 7) is 3.02. The molecule has 0 aromatic rings. The average Bonchev–Trinajstić information content (AvgIpc) is 2.62. The molecule has 0 aliphatic rings. The first-order chi connectivity index (χ1) is 12.3. The molecule has 3 nitrogen and oxygen atoms in total. The van der Waals surface area contributed by atoms with E-state index in [-0.39, 0.29) is 6.61 Å². The minimum atomic E-state index is -0.699. The molecule has 0 rings (SSSR count). The van der Waals surface area contributed by atoms with E-state index in [1.807, 2.05) is 0 Å². The molecule has 0 aliphatic heterocycles. The van der Waals surface area contributed by atoms with E-state index < -0.39 is 6.29 Å². The van der Waals surface area contributed by atoms with Crippen molar-refractivity contribution in [2.75, 3.05) is 13.2 Å². The van der Waals surface area contributed by atoms with E-state index in [0.29, 0.717) is 19.4 Å². The van der Waals surface area contributed by atoms with Crippen LogP contribution in [0.15, 0.2) is 12.2 Å². The van der Waals surface area contributed by atoms with Gasteiger partial charge in [0, 0.05) is 19.6 Å². The van der Waals surface area contributed by atoms with Crippen molar-refractivity contribution in [2.45, 2.75) is 116 Å². The Morgan fingerprint density at radius 3 is 1.80 bits per heavy atom. The fourth-order valence-corrected chi connectivity index (χ4v) is 2.92. The zero-order valence-electron chi connectivity index (χ0n) is 16.8. The van der Waals surface area contributed by atoms with Crippen LogP contribution in [0.3, 0.4) is 0 Å². The monoisotopic (exact) mass is 356 g/mol. The molecule has 150 valence electrons. The quantitative estimate of drug-likeness (QED) is 0.157. The first-order valence-electron chi connectivity index (χ1n) is 10.9. The first kappa shape index (κ1) is 24.6. The molecule has 1 unspecified atom stereocenters. The van der Waals surface area contributed by atoms with Crippen LogP contribution in [0.1, 0.15) is 110 Å². The van der Waals surface area contributed by atoms with E-state index in [1.165, 1.54) is 83.5 Å². The molecule has 0 saturated heterocycles. The predicted octanol–water partition coefficient (Wildman–Crippen LogP) is 6.13. The van der Waals surface area contributed by atoms with E-state index in [4.69, 9.17) is 9.84 Å². The molecule has 0 amide bonds. The van der Waals surface area contributed by atoms with E-state index in [1.54, 1.807) is 0 Å². The summed E-state index contributed by atoms with van der Waals surface area (Å²) < 4.78 is 5.30. The lowest BCUT2D eigenvalue weighted by Crippen LogP contribution is -2.13. The number of ether oxygens (including phenoxy) is 1. The molecule has 2 N–H and O–H groups in total. The van der Waals surface area contributed by atoms with Gasteiger partial charge >= 0.3 is 0 Å². The summed E-state index contributed by atoms with van der Waals surface area (Å²) in [6.07, 6.45) is 23.4. The third-order valence-electron chi connectivity index (χ3n) is 4.58. The molecule has 1 atom stereocenters. The number of aliphatic hydroxyl groups is 2. The zero-order chi connectivity index (χ0) is 18.4. The highest BCUT2D eigenvalue weighted by Crippen LogP contribution is 2.10. The second-order valence-electron chi connectivity index (χ2n) is 7.13. The van der Waals surface area contributed by atoms with E-state index in [9.17, 15) is 5.11 Å². The van der Waals surface area contributed by atoms with Gasteiger partial charge in [0.2, 0.25) is 0 Å². The van der Waals surface area contributed by atoms with Crippen LogP contribution in [0, 0.1) is 0 Å². The maximum atomic E-state index is 9.47. The van der Waals surface area contributed by atoms with Crippen molar-refractivity contribution in [2.24, 2.45) is 0 Å². The SMILES string of the molecule is CCCCCCCC/C=C\CCCCCCCCOC(O)CCCO. The fourth-order valence-electron chi connectivity index (χ4n) is 2.92. The Morgan fingerprint density at radius 2 is 1.24 bits per heavy atom. The highest BCUT2D eigenvalue weighted by molar-refractivity contribution is 4.81. The van der Waals surface area contributed by atoms with Gasteiger partial charge in [0.25, 0.3) is 0 Å². The van der Waals surface area contributed by atoms with Crippen LogP contribution in [-0.2, 0) is 4.74 Å². The van der Waals surface area contributed by atoms with Gasteiger partial charge < -0.3 is 14.9 Å². The van der Waals surface area contributed by atoms with Crippen molar-refractivity contribution in [1.82, 2.24) is 0 Å². The number of unbranched alkanes of at least 4 members (excludes halogenated alkanes) is 12. The fraction of sp³-hybridized carbons (Fsp3) is 0.909. The van der Waals surface area contributed by atoms with Crippen molar-refractivity contribution < 1.29 is 14.9 Å². The van der Waals surface area contributed by atoms with Crippen molar-refractivity contribution in [1.29, 1.82) is 0 Å². The van der Waals surface area contributed by atoms with Gasteiger partial charge in [0.1, 0.15) is 0 Å². The molecule has 0 heterocycles. The maximum Gasteiger partial charge on any atom is 0.154 e. The Balaban J connectivity index is 3.12. The second-order valence-corrected chi connectivity index (χ2v) is 7.13. The summed E-state index contributed by atoms with van der Waals surface area (Å²) in [5.74, 6) is 0. The van der Waals surface area contributed by atoms with Crippen LogP contribution >= 0.6 is 0 Å². The molecule has 3 heteroatoms. The summed E-state index contributed by atoms with van der Waals surface area (Å²) in [5.41, 5.74) is 0. The summed E-state index contributed by atoms with van der Waals surface area (Å²) in [6, 6.07) is 0. The Bertz CT molecular complexity index is 266. The Labute approximate surface area is 156 Å².